The Balaban J connectivity index is 2.83. The van der Waals surface area contributed by atoms with Crippen molar-refractivity contribution in [1.29, 1.82) is 0 Å². The normalized spacial score (nSPS) is 13.6. The minimum atomic E-state index is -0.969. The van der Waals surface area contributed by atoms with Crippen molar-refractivity contribution in [2.24, 2.45) is 5.92 Å². The third-order valence-electron chi connectivity index (χ3n) is 3.41. The van der Waals surface area contributed by atoms with Gasteiger partial charge < -0.3 is 10.0 Å². The van der Waals surface area contributed by atoms with Gasteiger partial charge >= 0.3 is 5.97 Å². The molecule has 1 rings (SSSR count). The van der Waals surface area contributed by atoms with Crippen molar-refractivity contribution in [3.63, 3.8) is 0 Å². The molecule has 1 N–H and O–H groups in total. The number of hydrogen-bond acceptors (Lipinski definition) is 2. The zero-order chi connectivity index (χ0) is 14.4. The van der Waals surface area contributed by atoms with Gasteiger partial charge in [0.05, 0.1) is 0 Å². The van der Waals surface area contributed by atoms with Crippen LogP contribution in [0.2, 0.25) is 0 Å². The highest BCUT2D eigenvalue weighted by molar-refractivity contribution is 5.84. The van der Waals surface area contributed by atoms with E-state index in [1.54, 1.807) is 7.05 Å². The standard InChI is InChI=1S/C15H21NO3/c1-4-11(2)14(17)16(3)13(15(18)19)10-12-8-6-5-7-9-12/h5-9,11,13H,4,10H2,1-3H3,(H,18,19). The number of rotatable bonds is 6. The van der Waals surface area contributed by atoms with Crippen LogP contribution in [0.3, 0.4) is 0 Å². The van der Waals surface area contributed by atoms with Crippen LogP contribution in [-0.4, -0.2) is 35.0 Å². The van der Waals surface area contributed by atoms with Crippen molar-refractivity contribution >= 4 is 11.9 Å². The molecule has 104 valence electrons. The van der Waals surface area contributed by atoms with Gasteiger partial charge in [0, 0.05) is 19.4 Å². The molecule has 0 aliphatic heterocycles. The van der Waals surface area contributed by atoms with Gasteiger partial charge in [-0.15, -0.1) is 0 Å². The van der Waals surface area contributed by atoms with E-state index in [0.717, 1.165) is 5.56 Å². The van der Waals surface area contributed by atoms with Gasteiger partial charge in [0.2, 0.25) is 5.91 Å². The Labute approximate surface area is 114 Å². The maximum Gasteiger partial charge on any atom is 0.326 e. The molecular formula is C15H21NO3. The second-order valence-corrected chi connectivity index (χ2v) is 4.80. The zero-order valence-electron chi connectivity index (χ0n) is 11.7. The molecule has 0 radical (unpaired) electrons. The maximum atomic E-state index is 12.1. The lowest BCUT2D eigenvalue weighted by Crippen LogP contribution is -2.45. The fourth-order valence-electron chi connectivity index (χ4n) is 1.90. The Morgan fingerprint density at radius 1 is 1.26 bits per heavy atom. The van der Waals surface area contributed by atoms with Crippen molar-refractivity contribution in [3.05, 3.63) is 35.9 Å². The molecule has 19 heavy (non-hydrogen) atoms. The molecule has 0 fully saturated rings. The topological polar surface area (TPSA) is 57.6 Å². The van der Waals surface area contributed by atoms with E-state index in [9.17, 15) is 14.7 Å². The molecule has 4 nitrogen and oxygen atoms in total. The Morgan fingerprint density at radius 3 is 2.32 bits per heavy atom. The van der Waals surface area contributed by atoms with Crippen LogP contribution in [0.1, 0.15) is 25.8 Å². The molecule has 1 amide bonds. The molecule has 1 aromatic rings. The van der Waals surface area contributed by atoms with E-state index in [2.05, 4.69) is 0 Å². The number of aliphatic carboxylic acids is 1. The second-order valence-electron chi connectivity index (χ2n) is 4.80. The molecule has 0 aromatic heterocycles. The largest absolute Gasteiger partial charge is 0.480 e. The summed E-state index contributed by atoms with van der Waals surface area (Å²) < 4.78 is 0. The van der Waals surface area contributed by atoms with Gasteiger partial charge in [-0.3, -0.25) is 4.79 Å². The van der Waals surface area contributed by atoms with Crippen molar-refractivity contribution in [1.82, 2.24) is 4.90 Å². The quantitative estimate of drug-likeness (QED) is 0.856. The number of carbonyl (C=O) groups is 2. The Kier molecular flexibility index (Phi) is 5.55. The van der Waals surface area contributed by atoms with E-state index in [4.69, 9.17) is 0 Å². The molecule has 0 saturated carbocycles. The molecule has 2 unspecified atom stereocenters. The average Bonchev–Trinajstić information content (AvgIpc) is 2.43. The van der Waals surface area contributed by atoms with Crippen LogP contribution >= 0.6 is 0 Å². The summed E-state index contributed by atoms with van der Waals surface area (Å²) in [4.78, 5) is 24.8. The number of amides is 1. The third kappa shape index (κ3) is 4.09. The molecule has 0 aliphatic carbocycles. The van der Waals surface area contributed by atoms with E-state index in [1.165, 1.54) is 4.90 Å². The summed E-state index contributed by atoms with van der Waals surface area (Å²) in [5, 5.41) is 9.31. The molecule has 1 aromatic carbocycles. The van der Waals surface area contributed by atoms with E-state index in [-0.39, 0.29) is 11.8 Å². The first-order valence-corrected chi connectivity index (χ1v) is 6.50. The maximum absolute atomic E-state index is 12.1. The molecule has 2 atom stereocenters. The van der Waals surface area contributed by atoms with Gasteiger partial charge in [0.25, 0.3) is 0 Å². The first-order valence-electron chi connectivity index (χ1n) is 6.50. The third-order valence-corrected chi connectivity index (χ3v) is 3.41. The highest BCUT2D eigenvalue weighted by atomic mass is 16.4. The summed E-state index contributed by atoms with van der Waals surface area (Å²) in [6.45, 7) is 3.74. The predicted molar refractivity (Wildman–Crippen MR) is 73.8 cm³/mol. The van der Waals surface area contributed by atoms with Crippen molar-refractivity contribution in [3.8, 4) is 0 Å². The summed E-state index contributed by atoms with van der Waals surface area (Å²) in [5.74, 6) is -1.24. The molecule has 0 aliphatic rings. The predicted octanol–water partition coefficient (Wildman–Crippen LogP) is 2.19. The van der Waals surface area contributed by atoms with E-state index >= 15 is 0 Å². The van der Waals surface area contributed by atoms with Crippen molar-refractivity contribution in [2.45, 2.75) is 32.7 Å². The van der Waals surface area contributed by atoms with Crippen LogP contribution in [0.25, 0.3) is 0 Å². The van der Waals surface area contributed by atoms with Crippen LogP contribution in [0.4, 0.5) is 0 Å². The van der Waals surface area contributed by atoms with Gasteiger partial charge in [-0.25, -0.2) is 4.79 Å². The molecule has 0 bridgehead atoms. The molecule has 0 heterocycles. The van der Waals surface area contributed by atoms with Crippen molar-refractivity contribution < 1.29 is 14.7 Å². The number of benzene rings is 1. The number of hydrogen-bond donors (Lipinski definition) is 1. The molecule has 4 heteroatoms. The van der Waals surface area contributed by atoms with E-state index in [0.29, 0.717) is 12.8 Å². The number of carboxylic acid groups (broad SMARTS) is 1. The van der Waals surface area contributed by atoms with E-state index < -0.39 is 12.0 Å². The summed E-state index contributed by atoms with van der Waals surface area (Å²) in [6.07, 6.45) is 1.04. The fourth-order valence-corrected chi connectivity index (χ4v) is 1.90. The fraction of sp³-hybridized carbons (Fsp3) is 0.467. The number of carboxylic acids is 1. The summed E-state index contributed by atoms with van der Waals surface area (Å²) in [5.41, 5.74) is 0.915. The smallest absolute Gasteiger partial charge is 0.326 e. The minimum absolute atomic E-state index is 0.120. The van der Waals surface area contributed by atoms with Gasteiger partial charge in [0.1, 0.15) is 6.04 Å². The summed E-state index contributed by atoms with van der Waals surface area (Å²) >= 11 is 0. The van der Waals surface area contributed by atoms with Crippen LogP contribution in [0.5, 0.6) is 0 Å². The van der Waals surface area contributed by atoms with Crippen molar-refractivity contribution in [2.75, 3.05) is 7.05 Å². The van der Waals surface area contributed by atoms with Crippen LogP contribution in [0.15, 0.2) is 30.3 Å². The highest BCUT2D eigenvalue weighted by Gasteiger charge is 2.28. The Hall–Kier alpha value is -1.84. The number of carbonyl (C=O) groups excluding carboxylic acids is 1. The molecule has 0 saturated heterocycles. The average molecular weight is 263 g/mol. The Morgan fingerprint density at radius 2 is 1.84 bits per heavy atom. The zero-order valence-corrected chi connectivity index (χ0v) is 11.7. The van der Waals surface area contributed by atoms with Crippen LogP contribution < -0.4 is 0 Å². The minimum Gasteiger partial charge on any atom is -0.480 e. The number of likely N-dealkylation sites (N-methyl/N-ethyl adjacent to an activating group) is 1. The monoisotopic (exact) mass is 263 g/mol. The van der Waals surface area contributed by atoms with Gasteiger partial charge in [-0.1, -0.05) is 44.2 Å². The lowest BCUT2D eigenvalue weighted by Gasteiger charge is -2.27. The van der Waals surface area contributed by atoms with Gasteiger partial charge in [-0.05, 0) is 12.0 Å². The first-order chi connectivity index (χ1) is 8.97. The number of nitrogens with zero attached hydrogens (tertiary/aromatic N) is 1. The summed E-state index contributed by atoms with van der Waals surface area (Å²) in [6, 6.07) is 8.54. The SMILES string of the molecule is CCC(C)C(=O)N(C)C(Cc1ccccc1)C(=O)O. The highest BCUT2D eigenvalue weighted by Crippen LogP contribution is 2.13. The lowest BCUT2D eigenvalue weighted by atomic mass is 10.0. The molecular weight excluding hydrogens is 242 g/mol. The van der Waals surface area contributed by atoms with E-state index in [1.807, 2.05) is 44.2 Å². The Bertz CT molecular complexity index is 430. The first kappa shape index (κ1) is 15.2. The lowest BCUT2D eigenvalue weighted by molar-refractivity contribution is -0.150. The molecule has 0 spiro atoms. The van der Waals surface area contributed by atoms with Gasteiger partial charge in [-0.2, -0.15) is 0 Å². The van der Waals surface area contributed by atoms with Gasteiger partial charge in [0.15, 0.2) is 0 Å². The van der Waals surface area contributed by atoms with Crippen LogP contribution in [-0.2, 0) is 16.0 Å². The van der Waals surface area contributed by atoms with Crippen LogP contribution in [0, 0.1) is 5.92 Å². The second kappa shape index (κ2) is 6.92. The summed E-state index contributed by atoms with van der Waals surface area (Å²) in [7, 11) is 1.57.